The van der Waals surface area contributed by atoms with Crippen LogP contribution in [0, 0.1) is 59.7 Å². The largest absolute Gasteiger partial charge is 0.384 e. The average molecular weight is 503 g/mol. The van der Waals surface area contributed by atoms with Crippen LogP contribution in [-0.4, -0.2) is 34.1 Å². The van der Waals surface area contributed by atoms with Gasteiger partial charge in [-0.25, -0.2) is 0 Å². The SMILES string of the molecule is C#C[C@H](O)/C=C/CCCCCCCCC/C=C\C#CCCCCCCCCC(O)C#CC#CC#CCO. The minimum absolute atomic E-state index is 0.207. The van der Waals surface area contributed by atoms with Crippen molar-refractivity contribution in [2.45, 2.75) is 121 Å². The number of terminal acetylenes is 1. The Hall–Kier alpha value is -2.84. The van der Waals surface area contributed by atoms with Gasteiger partial charge in [-0.2, -0.15) is 0 Å². The standard InChI is InChI=1S/C34H46O3/c1-2-33(36)29-25-21-18-16-14-12-10-8-6-4-3-5-7-9-11-13-15-17-19-22-26-30-34(37)31-27-23-20-24-28-32-35/h1,3,5,25,29,33-37H,4,6,8,10-19,21-22,26,30,32H2/b5-3-,29-25+/t33-,34?/m0/s1. The van der Waals surface area contributed by atoms with Gasteiger partial charge in [-0.3, -0.25) is 0 Å². The van der Waals surface area contributed by atoms with Crippen molar-refractivity contribution in [2.24, 2.45) is 0 Å². The normalized spacial score (nSPS) is 11.7. The minimum Gasteiger partial charge on any atom is -0.384 e. The fraction of sp³-hybridized carbons (Fsp3) is 0.588. The van der Waals surface area contributed by atoms with Gasteiger partial charge in [0.1, 0.15) is 18.8 Å². The van der Waals surface area contributed by atoms with Crippen molar-refractivity contribution in [1.29, 1.82) is 0 Å². The molecule has 0 amide bonds. The summed E-state index contributed by atoms with van der Waals surface area (Å²) >= 11 is 0. The molecule has 0 bridgehead atoms. The molecule has 1 unspecified atom stereocenters. The summed E-state index contributed by atoms with van der Waals surface area (Å²) < 4.78 is 0. The predicted molar refractivity (Wildman–Crippen MR) is 156 cm³/mol. The Kier molecular flexibility index (Phi) is 27.1. The lowest BCUT2D eigenvalue weighted by Crippen LogP contribution is -2.01. The van der Waals surface area contributed by atoms with E-state index in [1.54, 1.807) is 6.08 Å². The summed E-state index contributed by atoms with van der Waals surface area (Å²) in [5.41, 5.74) is 0. The zero-order valence-corrected chi connectivity index (χ0v) is 22.6. The molecule has 37 heavy (non-hydrogen) atoms. The first-order chi connectivity index (χ1) is 18.2. The van der Waals surface area contributed by atoms with Crippen LogP contribution >= 0.6 is 0 Å². The van der Waals surface area contributed by atoms with E-state index < -0.39 is 12.2 Å². The molecule has 0 aromatic heterocycles. The molecule has 0 aliphatic rings. The third kappa shape index (κ3) is 29.3. The maximum atomic E-state index is 9.79. The molecule has 0 saturated carbocycles. The molecule has 3 N–H and O–H groups in total. The van der Waals surface area contributed by atoms with Crippen molar-refractivity contribution >= 4 is 0 Å². The quantitative estimate of drug-likeness (QED) is 0.114. The van der Waals surface area contributed by atoms with Gasteiger partial charge in [-0.05, 0) is 80.8 Å². The van der Waals surface area contributed by atoms with Crippen molar-refractivity contribution in [2.75, 3.05) is 6.61 Å². The molecule has 0 radical (unpaired) electrons. The monoisotopic (exact) mass is 502 g/mol. The van der Waals surface area contributed by atoms with Gasteiger partial charge in [-0.15, -0.1) is 6.42 Å². The zero-order valence-electron chi connectivity index (χ0n) is 22.6. The summed E-state index contributed by atoms with van der Waals surface area (Å²) in [6.45, 7) is -0.207. The van der Waals surface area contributed by atoms with Crippen molar-refractivity contribution in [3.63, 3.8) is 0 Å². The van der Waals surface area contributed by atoms with Gasteiger partial charge < -0.3 is 15.3 Å². The van der Waals surface area contributed by atoms with Crippen molar-refractivity contribution in [1.82, 2.24) is 0 Å². The second-order valence-corrected chi connectivity index (χ2v) is 8.97. The summed E-state index contributed by atoms with van der Waals surface area (Å²) in [7, 11) is 0. The maximum Gasteiger partial charge on any atom is 0.133 e. The van der Waals surface area contributed by atoms with Gasteiger partial charge in [0.15, 0.2) is 0 Å². The van der Waals surface area contributed by atoms with Crippen LogP contribution in [-0.2, 0) is 0 Å². The molecule has 0 aliphatic heterocycles. The first-order valence-electron chi connectivity index (χ1n) is 13.9. The molecule has 0 spiro atoms. The van der Waals surface area contributed by atoms with Gasteiger partial charge in [-0.1, -0.05) is 99.5 Å². The van der Waals surface area contributed by atoms with Gasteiger partial charge in [0.25, 0.3) is 0 Å². The number of hydrogen-bond acceptors (Lipinski definition) is 3. The van der Waals surface area contributed by atoms with E-state index >= 15 is 0 Å². The summed E-state index contributed by atoms with van der Waals surface area (Å²) in [6, 6.07) is 0. The first kappa shape index (κ1) is 34.2. The second-order valence-electron chi connectivity index (χ2n) is 8.97. The lowest BCUT2D eigenvalue weighted by molar-refractivity contribution is 0.217. The fourth-order valence-electron chi connectivity index (χ4n) is 3.56. The lowest BCUT2D eigenvalue weighted by atomic mass is 10.1. The van der Waals surface area contributed by atoms with E-state index in [4.69, 9.17) is 11.5 Å². The minimum atomic E-state index is -0.736. The molecule has 2 atom stereocenters. The fourth-order valence-corrected chi connectivity index (χ4v) is 3.56. The highest BCUT2D eigenvalue weighted by Gasteiger charge is 1.98. The third-order valence-corrected chi connectivity index (χ3v) is 5.66. The number of aliphatic hydroxyl groups is 3. The molecule has 0 rings (SSSR count). The Morgan fingerprint density at radius 1 is 0.649 bits per heavy atom. The highest BCUT2D eigenvalue weighted by atomic mass is 16.3. The van der Waals surface area contributed by atoms with Crippen LogP contribution in [0.1, 0.15) is 109 Å². The van der Waals surface area contributed by atoms with Crippen molar-refractivity contribution < 1.29 is 15.3 Å². The molecule has 0 fully saturated rings. The van der Waals surface area contributed by atoms with Crippen LogP contribution in [0.5, 0.6) is 0 Å². The van der Waals surface area contributed by atoms with Gasteiger partial charge in [0, 0.05) is 6.42 Å². The van der Waals surface area contributed by atoms with E-state index in [2.05, 4.69) is 59.4 Å². The lowest BCUT2D eigenvalue weighted by Gasteiger charge is -2.03. The van der Waals surface area contributed by atoms with Crippen LogP contribution in [0.4, 0.5) is 0 Å². The Morgan fingerprint density at radius 3 is 1.92 bits per heavy atom. The third-order valence-electron chi connectivity index (χ3n) is 5.66. The zero-order chi connectivity index (χ0) is 27.1. The maximum absolute atomic E-state index is 9.79. The Labute approximate surface area is 227 Å². The molecule has 3 nitrogen and oxygen atoms in total. The molecule has 3 heteroatoms. The highest BCUT2D eigenvalue weighted by Crippen LogP contribution is 2.11. The summed E-state index contributed by atoms with van der Waals surface area (Å²) in [5, 5.41) is 27.5. The summed E-state index contributed by atoms with van der Waals surface area (Å²) in [5.74, 6) is 23.9. The van der Waals surface area contributed by atoms with E-state index in [9.17, 15) is 10.2 Å². The number of rotatable bonds is 19. The number of aliphatic hydroxyl groups excluding tert-OH is 3. The predicted octanol–water partition coefficient (Wildman–Crippen LogP) is 6.09. The van der Waals surface area contributed by atoms with Crippen LogP contribution in [0.15, 0.2) is 24.3 Å². The van der Waals surface area contributed by atoms with Crippen LogP contribution < -0.4 is 0 Å². The second kappa shape index (κ2) is 29.4. The number of unbranched alkanes of at least 4 members (excludes halogenated alkanes) is 14. The Morgan fingerprint density at radius 2 is 1.24 bits per heavy atom. The molecule has 0 aromatic rings. The van der Waals surface area contributed by atoms with Crippen molar-refractivity contribution in [3.8, 4) is 59.7 Å². The topological polar surface area (TPSA) is 60.7 Å². The smallest absolute Gasteiger partial charge is 0.133 e. The highest BCUT2D eigenvalue weighted by molar-refractivity contribution is 5.36. The molecular weight excluding hydrogens is 456 g/mol. The summed E-state index contributed by atoms with van der Waals surface area (Å²) in [6.07, 6.45) is 31.0. The van der Waals surface area contributed by atoms with Gasteiger partial charge >= 0.3 is 0 Å². The molecular formula is C34H46O3. The Balaban J connectivity index is 3.44. The number of allylic oxidation sites excluding steroid dienone is 3. The average Bonchev–Trinajstić information content (AvgIpc) is 2.90. The molecule has 0 heterocycles. The van der Waals surface area contributed by atoms with Gasteiger partial charge in [0.05, 0.1) is 0 Å². The van der Waals surface area contributed by atoms with Crippen LogP contribution in [0.2, 0.25) is 0 Å². The molecule has 0 aliphatic carbocycles. The molecule has 0 aromatic carbocycles. The number of hydrogen-bond donors (Lipinski definition) is 3. The van der Waals surface area contributed by atoms with Crippen LogP contribution in [0.3, 0.4) is 0 Å². The van der Waals surface area contributed by atoms with Crippen molar-refractivity contribution in [3.05, 3.63) is 24.3 Å². The molecule has 200 valence electrons. The van der Waals surface area contributed by atoms with Gasteiger partial charge in [0.2, 0.25) is 0 Å². The van der Waals surface area contributed by atoms with E-state index in [0.717, 1.165) is 38.5 Å². The van der Waals surface area contributed by atoms with E-state index in [1.165, 1.54) is 64.2 Å². The van der Waals surface area contributed by atoms with E-state index in [1.807, 2.05) is 12.2 Å². The first-order valence-corrected chi connectivity index (χ1v) is 13.9. The van der Waals surface area contributed by atoms with E-state index in [0.29, 0.717) is 6.42 Å². The molecule has 0 saturated heterocycles. The van der Waals surface area contributed by atoms with E-state index in [-0.39, 0.29) is 6.61 Å². The van der Waals surface area contributed by atoms with Crippen LogP contribution in [0.25, 0.3) is 0 Å². The Bertz CT molecular complexity index is 890. The summed E-state index contributed by atoms with van der Waals surface area (Å²) in [4.78, 5) is 0.